The third kappa shape index (κ3) is 3.31. The number of aliphatic hydroxyl groups excluding tert-OH is 1. The highest BCUT2D eigenvalue weighted by atomic mass is 16.5. The quantitative estimate of drug-likeness (QED) is 0.925. The Hall–Kier alpha value is -0.900. The molecule has 0 amide bonds. The first-order valence-electron chi connectivity index (χ1n) is 8.41. The molecule has 1 saturated heterocycles. The van der Waals surface area contributed by atoms with E-state index in [1.165, 1.54) is 12.0 Å². The average Bonchev–Trinajstić information content (AvgIpc) is 2.54. The van der Waals surface area contributed by atoms with Gasteiger partial charge in [0.25, 0.3) is 0 Å². The van der Waals surface area contributed by atoms with Crippen LogP contribution in [0.1, 0.15) is 49.8 Å². The summed E-state index contributed by atoms with van der Waals surface area (Å²) in [5, 5.41) is 10.8. The Morgan fingerprint density at radius 3 is 3.00 bits per heavy atom. The van der Waals surface area contributed by atoms with Gasteiger partial charge in [0, 0.05) is 19.2 Å². The number of benzene rings is 1. The van der Waals surface area contributed by atoms with Gasteiger partial charge in [0.2, 0.25) is 0 Å². The Morgan fingerprint density at radius 2 is 2.14 bits per heavy atom. The number of hydrogen-bond donors (Lipinski definition) is 1. The molecule has 21 heavy (non-hydrogen) atoms. The van der Waals surface area contributed by atoms with Gasteiger partial charge in [0.05, 0.1) is 12.2 Å². The topological polar surface area (TPSA) is 32.7 Å². The van der Waals surface area contributed by atoms with Crippen LogP contribution in [-0.2, 0) is 11.2 Å². The normalized spacial score (nSPS) is 30.1. The minimum Gasteiger partial charge on any atom is -0.387 e. The second kappa shape index (κ2) is 6.91. The predicted octanol–water partition coefficient (Wildman–Crippen LogP) is 2.93. The van der Waals surface area contributed by atoms with Gasteiger partial charge >= 0.3 is 0 Å². The summed E-state index contributed by atoms with van der Waals surface area (Å²) in [6, 6.07) is 8.60. The lowest BCUT2D eigenvalue weighted by Gasteiger charge is -2.42. The lowest BCUT2D eigenvalue weighted by atomic mass is 9.84. The number of piperidine rings is 1. The van der Waals surface area contributed by atoms with Crippen LogP contribution < -0.4 is 0 Å². The number of hydrogen-bond acceptors (Lipinski definition) is 3. The van der Waals surface area contributed by atoms with Crippen LogP contribution in [0.15, 0.2) is 24.3 Å². The molecule has 3 unspecified atom stereocenters. The van der Waals surface area contributed by atoms with Gasteiger partial charge in [-0.15, -0.1) is 0 Å². The van der Waals surface area contributed by atoms with Crippen molar-refractivity contribution in [3.8, 4) is 0 Å². The molecule has 116 valence electrons. The fourth-order valence-corrected chi connectivity index (χ4v) is 3.79. The smallest absolute Gasteiger partial charge is 0.0947 e. The van der Waals surface area contributed by atoms with Crippen LogP contribution in [0.4, 0.5) is 0 Å². The van der Waals surface area contributed by atoms with Gasteiger partial charge in [-0.05, 0) is 49.8 Å². The highest BCUT2D eigenvalue weighted by molar-refractivity contribution is 5.32. The molecule has 1 aliphatic carbocycles. The standard InChI is InChI=1S/C18H27NO2/c1-2-12-21-15-7-5-11-19(13-15)17-10-9-14-6-3-4-8-16(14)18(17)20/h3-4,6,8,15,17-18,20H,2,5,7,9-13H2,1H3. The third-order valence-corrected chi connectivity index (χ3v) is 4.88. The molecule has 0 saturated carbocycles. The summed E-state index contributed by atoms with van der Waals surface area (Å²) in [6.45, 7) is 5.08. The monoisotopic (exact) mass is 289 g/mol. The zero-order valence-electron chi connectivity index (χ0n) is 13.0. The molecule has 3 atom stereocenters. The maximum atomic E-state index is 10.8. The molecule has 0 radical (unpaired) electrons. The third-order valence-electron chi connectivity index (χ3n) is 4.88. The molecule has 3 nitrogen and oxygen atoms in total. The molecular formula is C18H27NO2. The zero-order valence-corrected chi connectivity index (χ0v) is 13.0. The number of nitrogens with zero attached hydrogens (tertiary/aromatic N) is 1. The van der Waals surface area contributed by atoms with Crippen molar-refractivity contribution in [2.75, 3.05) is 19.7 Å². The van der Waals surface area contributed by atoms with Crippen molar-refractivity contribution in [3.63, 3.8) is 0 Å². The van der Waals surface area contributed by atoms with E-state index in [0.717, 1.165) is 50.9 Å². The van der Waals surface area contributed by atoms with E-state index in [0.29, 0.717) is 6.10 Å². The number of rotatable bonds is 4. The number of ether oxygens (including phenoxy) is 1. The van der Waals surface area contributed by atoms with Crippen LogP contribution in [0.25, 0.3) is 0 Å². The van der Waals surface area contributed by atoms with Crippen LogP contribution >= 0.6 is 0 Å². The van der Waals surface area contributed by atoms with Crippen molar-refractivity contribution in [2.45, 2.75) is 57.3 Å². The van der Waals surface area contributed by atoms with Gasteiger partial charge in [0.15, 0.2) is 0 Å². The first-order valence-corrected chi connectivity index (χ1v) is 8.41. The van der Waals surface area contributed by atoms with Gasteiger partial charge in [-0.3, -0.25) is 4.90 Å². The molecule has 3 rings (SSSR count). The highest BCUT2D eigenvalue weighted by Crippen LogP contribution is 2.34. The summed E-state index contributed by atoms with van der Waals surface area (Å²) in [5.41, 5.74) is 2.45. The summed E-state index contributed by atoms with van der Waals surface area (Å²) in [4.78, 5) is 2.46. The van der Waals surface area contributed by atoms with Gasteiger partial charge in [-0.2, -0.15) is 0 Å². The Kier molecular flexibility index (Phi) is 4.94. The fourth-order valence-electron chi connectivity index (χ4n) is 3.79. The van der Waals surface area contributed by atoms with E-state index in [-0.39, 0.29) is 12.1 Å². The van der Waals surface area contributed by atoms with E-state index in [4.69, 9.17) is 4.74 Å². The minimum absolute atomic E-state index is 0.257. The predicted molar refractivity (Wildman–Crippen MR) is 84.3 cm³/mol. The van der Waals surface area contributed by atoms with E-state index >= 15 is 0 Å². The number of fused-ring (bicyclic) bond motifs is 1. The van der Waals surface area contributed by atoms with Crippen molar-refractivity contribution in [1.82, 2.24) is 4.90 Å². The average molecular weight is 289 g/mol. The minimum atomic E-state index is -0.347. The van der Waals surface area contributed by atoms with Gasteiger partial charge in [0.1, 0.15) is 0 Å². The summed E-state index contributed by atoms with van der Waals surface area (Å²) < 4.78 is 5.93. The molecule has 3 heteroatoms. The van der Waals surface area contributed by atoms with E-state index in [1.807, 2.05) is 6.07 Å². The van der Waals surface area contributed by atoms with E-state index in [9.17, 15) is 5.11 Å². The van der Waals surface area contributed by atoms with Crippen molar-refractivity contribution in [2.24, 2.45) is 0 Å². The molecule has 0 bridgehead atoms. The summed E-state index contributed by atoms with van der Waals surface area (Å²) in [5.74, 6) is 0. The number of aryl methyl sites for hydroxylation is 1. The lowest BCUT2D eigenvalue weighted by molar-refractivity contribution is -0.0410. The van der Waals surface area contributed by atoms with E-state index < -0.39 is 0 Å². The number of likely N-dealkylation sites (tertiary alicyclic amines) is 1. The molecule has 1 aromatic carbocycles. The molecule has 1 heterocycles. The van der Waals surface area contributed by atoms with Gasteiger partial charge < -0.3 is 9.84 Å². The Morgan fingerprint density at radius 1 is 1.29 bits per heavy atom. The Bertz CT molecular complexity index is 462. The molecular weight excluding hydrogens is 262 g/mol. The lowest BCUT2D eigenvalue weighted by Crippen LogP contribution is -2.49. The first kappa shape index (κ1) is 15.0. The van der Waals surface area contributed by atoms with Crippen molar-refractivity contribution in [1.29, 1.82) is 0 Å². The van der Waals surface area contributed by atoms with E-state index in [1.54, 1.807) is 0 Å². The van der Waals surface area contributed by atoms with E-state index in [2.05, 4.69) is 30.0 Å². The number of aliphatic hydroxyl groups is 1. The van der Waals surface area contributed by atoms with Gasteiger partial charge in [-0.1, -0.05) is 31.2 Å². The Labute approximate surface area is 127 Å². The summed E-state index contributed by atoms with van der Waals surface area (Å²) in [6.07, 6.45) is 5.56. The SMILES string of the molecule is CCCOC1CCCN(C2CCc3ccccc3C2O)C1. The summed E-state index contributed by atoms with van der Waals surface area (Å²) in [7, 11) is 0. The summed E-state index contributed by atoms with van der Waals surface area (Å²) >= 11 is 0. The van der Waals surface area contributed by atoms with Gasteiger partial charge in [-0.25, -0.2) is 0 Å². The molecule has 0 aromatic heterocycles. The first-order chi connectivity index (χ1) is 10.3. The van der Waals surface area contributed by atoms with Crippen LogP contribution in [0.2, 0.25) is 0 Å². The van der Waals surface area contributed by atoms with Crippen LogP contribution in [0, 0.1) is 0 Å². The van der Waals surface area contributed by atoms with Crippen LogP contribution in [0.5, 0.6) is 0 Å². The molecule has 0 spiro atoms. The van der Waals surface area contributed by atoms with Crippen molar-refractivity contribution in [3.05, 3.63) is 35.4 Å². The second-order valence-corrected chi connectivity index (χ2v) is 6.38. The Balaban J connectivity index is 1.67. The molecule has 1 fully saturated rings. The largest absolute Gasteiger partial charge is 0.387 e. The van der Waals surface area contributed by atoms with Crippen molar-refractivity contribution < 1.29 is 9.84 Å². The zero-order chi connectivity index (χ0) is 14.7. The van der Waals surface area contributed by atoms with Crippen LogP contribution in [-0.4, -0.2) is 41.8 Å². The van der Waals surface area contributed by atoms with Crippen molar-refractivity contribution >= 4 is 0 Å². The molecule has 2 aliphatic rings. The molecule has 1 aliphatic heterocycles. The highest BCUT2D eigenvalue weighted by Gasteiger charge is 2.34. The molecule has 1 N–H and O–H groups in total. The fraction of sp³-hybridized carbons (Fsp3) is 0.667. The van der Waals surface area contributed by atoms with Crippen LogP contribution in [0.3, 0.4) is 0 Å². The second-order valence-electron chi connectivity index (χ2n) is 6.38. The maximum Gasteiger partial charge on any atom is 0.0947 e. The maximum absolute atomic E-state index is 10.8. The molecule has 1 aromatic rings.